The quantitative estimate of drug-likeness (QED) is 0.473. The zero-order valence-electron chi connectivity index (χ0n) is 6.24. The van der Waals surface area contributed by atoms with Gasteiger partial charge in [0.2, 0.25) is 0 Å². The minimum absolute atomic E-state index is 0.389. The Kier molecular flexibility index (Phi) is 7.62. The van der Waals surface area contributed by atoms with Gasteiger partial charge in [-0.3, -0.25) is 0 Å². The molecule has 0 bridgehead atoms. The Morgan fingerprint density at radius 3 is 0.889 bits per heavy atom. The second-order valence-corrected chi connectivity index (χ2v) is 8.85. The van der Waals surface area contributed by atoms with Gasteiger partial charge in [0.15, 0.2) is 0 Å². The van der Waals surface area contributed by atoms with E-state index in [9.17, 15) is 0 Å². The van der Waals surface area contributed by atoms with Gasteiger partial charge in [-0.05, 0) is 0 Å². The maximum absolute atomic E-state index is 7.23. The van der Waals surface area contributed by atoms with Crippen LogP contribution in [-0.2, 0) is 0 Å². The second kappa shape index (κ2) is 5.52. The largest absolute Gasteiger partial charge is 0.328 e. The van der Waals surface area contributed by atoms with E-state index in [2.05, 4.69) is 26.7 Å². The summed E-state index contributed by atoms with van der Waals surface area (Å²) in [6, 6.07) is 0. The summed E-state index contributed by atoms with van der Waals surface area (Å²) < 4.78 is 0. The average Bonchev–Trinajstić information content (AvgIpc) is 1.19. The summed E-state index contributed by atoms with van der Waals surface area (Å²) in [5.41, 5.74) is 0. The lowest BCUT2D eigenvalue weighted by Gasteiger charge is -1.97. The predicted molar refractivity (Wildman–Crippen MR) is 44.2 cm³/mol. The molecule has 0 aromatic carbocycles. The Hall–Kier alpha value is 0.740. The first kappa shape index (κ1) is 12.4. The smallest absolute Gasteiger partial charge is 0.324 e. The summed E-state index contributed by atoms with van der Waals surface area (Å²) in [6.07, 6.45) is 0. The van der Waals surface area contributed by atoms with Crippen molar-refractivity contribution < 1.29 is 14.7 Å². The average molecular weight is 173 g/mol. The van der Waals surface area contributed by atoms with Crippen LogP contribution in [0.3, 0.4) is 0 Å². The number of rotatable bonds is 0. The van der Waals surface area contributed by atoms with E-state index in [1.54, 1.807) is 0 Å². The van der Waals surface area contributed by atoms with Crippen LogP contribution < -0.4 is 0 Å². The molecule has 3 N–H and O–H groups in total. The summed E-state index contributed by atoms with van der Waals surface area (Å²) in [7, 11) is -3.01. The van der Waals surface area contributed by atoms with Gasteiger partial charge in [-0.25, -0.2) is 0 Å². The van der Waals surface area contributed by atoms with Crippen molar-refractivity contribution >= 4 is 15.9 Å². The summed E-state index contributed by atoms with van der Waals surface area (Å²) in [5, 5.41) is 0. The SMILES string of the molecule is C[P+](C)(C)C.OP(O)O. The van der Waals surface area contributed by atoms with Crippen molar-refractivity contribution in [2.24, 2.45) is 0 Å². The molecule has 0 heterocycles. The molecule has 0 saturated heterocycles. The minimum atomic E-state index is -2.62. The molecule has 3 nitrogen and oxygen atoms in total. The van der Waals surface area contributed by atoms with Gasteiger partial charge in [-0.1, -0.05) is 0 Å². The minimum Gasteiger partial charge on any atom is -0.328 e. The molecule has 0 spiro atoms. The van der Waals surface area contributed by atoms with E-state index in [0.29, 0.717) is 0 Å². The van der Waals surface area contributed by atoms with E-state index in [1.807, 2.05) is 0 Å². The van der Waals surface area contributed by atoms with Crippen molar-refractivity contribution in [1.82, 2.24) is 0 Å². The summed E-state index contributed by atoms with van der Waals surface area (Å²) in [6.45, 7) is 9.19. The molecule has 0 aliphatic rings. The molecule has 0 radical (unpaired) electrons. The molecule has 0 aromatic rings. The van der Waals surface area contributed by atoms with E-state index >= 15 is 0 Å². The molecule has 5 heteroatoms. The molecule has 58 valence electrons. The zero-order chi connectivity index (χ0) is 8.08. The fourth-order valence-corrected chi connectivity index (χ4v) is 0. The highest BCUT2D eigenvalue weighted by atomic mass is 31.2. The Labute approximate surface area is 58.1 Å². The molecular weight excluding hydrogens is 158 g/mol. The van der Waals surface area contributed by atoms with E-state index in [4.69, 9.17) is 14.7 Å². The first-order valence-corrected chi connectivity index (χ1v) is 7.17. The Morgan fingerprint density at radius 1 is 0.889 bits per heavy atom. The van der Waals surface area contributed by atoms with Gasteiger partial charge in [-0.2, -0.15) is 0 Å². The molecule has 0 atom stereocenters. The van der Waals surface area contributed by atoms with Gasteiger partial charge in [0, 0.05) is 33.9 Å². The lowest BCUT2D eigenvalue weighted by Crippen LogP contribution is -1.74. The van der Waals surface area contributed by atoms with Gasteiger partial charge >= 0.3 is 8.60 Å². The maximum atomic E-state index is 7.23. The lowest BCUT2D eigenvalue weighted by atomic mass is 11.8. The van der Waals surface area contributed by atoms with Crippen molar-refractivity contribution in [3.63, 3.8) is 0 Å². The molecule has 0 fully saturated rings. The molecule has 0 aliphatic heterocycles. The van der Waals surface area contributed by atoms with Crippen LogP contribution in [-0.4, -0.2) is 41.3 Å². The molecule has 0 saturated carbocycles. The predicted octanol–water partition coefficient (Wildman–Crippen LogP) is 0.713. The Balaban J connectivity index is 0. The van der Waals surface area contributed by atoms with E-state index in [1.165, 1.54) is 0 Å². The maximum Gasteiger partial charge on any atom is 0.324 e. The van der Waals surface area contributed by atoms with Gasteiger partial charge < -0.3 is 14.7 Å². The second-order valence-electron chi connectivity index (χ2n) is 2.95. The highest BCUT2D eigenvalue weighted by Crippen LogP contribution is 2.40. The van der Waals surface area contributed by atoms with Crippen LogP contribution >= 0.6 is 15.9 Å². The summed E-state index contributed by atoms with van der Waals surface area (Å²) in [5.74, 6) is 0. The highest BCUT2D eigenvalue weighted by molar-refractivity contribution is 7.73. The molecule has 0 unspecified atom stereocenters. The van der Waals surface area contributed by atoms with E-state index in [0.717, 1.165) is 0 Å². The van der Waals surface area contributed by atoms with Crippen LogP contribution in [0, 0.1) is 0 Å². The fraction of sp³-hybridized carbons (Fsp3) is 1.00. The van der Waals surface area contributed by atoms with E-state index < -0.39 is 8.60 Å². The highest BCUT2D eigenvalue weighted by Gasteiger charge is 2.03. The number of hydrogen-bond donors (Lipinski definition) is 3. The first-order chi connectivity index (χ1) is 3.73. The van der Waals surface area contributed by atoms with Crippen LogP contribution in [0.4, 0.5) is 0 Å². The molecule has 9 heavy (non-hydrogen) atoms. The Morgan fingerprint density at radius 2 is 0.889 bits per heavy atom. The van der Waals surface area contributed by atoms with Crippen molar-refractivity contribution in [2.75, 3.05) is 26.7 Å². The topological polar surface area (TPSA) is 60.7 Å². The molecular formula is C4H15O3P2+. The molecule has 0 aliphatic carbocycles. The van der Waals surface area contributed by atoms with Crippen molar-refractivity contribution in [1.29, 1.82) is 0 Å². The lowest BCUT2D eigenvalue weighted by molar-refractivity contribution is 0.368. The van der Waals surface area contributed by atoms with Crippen LogP contribution in [0.2, 0.25) is 0 Å². The monoisotopic (exact) mass is 173 g/mol. The van der Waals surface area contributed by atoms with Crippen molar-refractivity contribution in [3.05, 3.63) is 0 Å². The first-order valence-electron chi connectivity index (χ1n) is 2.39. The van der Waals surface area contributed by atoms with Gasteiger partial charge in [-0.15, -0.1) is 0 Å². The third-order valence-electron chi connectivity index (χ3n) is 0. The third kappa shape index (κ3) is 725. The fourth-order valence-electron chi connectivity index (χ4n) is 0. The molecule has 0 rings (SSSR count). The van der Waals surface area contributed by atoms with Crippen molar-refractivity contribution in [3.8, 4) is 0 Å². The van der Waals surface area contributed by atoms with Crippen molar-refractivity contribution in [2.45, 2.75) is 0 Å². The van der Waals surface area contributed by atoms with E-state index in [-0.39, 0.29) is 7.26 Å². The van der Waals surface area contributed by atoms with Crippen LogP contribution in [0.1, 0.15) is 0 Å². The van der Waals surface area contributed by atoms with Gasteiger partial charge in [0.05, 0.1) is 0 Å². The Bertz CT molecular complexity index is 50.6. The van der Waals surface area contributed by atoms with Crippen LogP contribution in [0.15, 0.2) is 0 Å². The molecule has 0 amide bonds. The zero-order valence-corrected chi connectivity index (χ0v) is 8.02. The number of hydrogen-bond acceptors (Lipinski definition) is 3. The standard InChI is InChI=1S/C4H12P.H3O3P/c1-5(2,3)4;1-4(2)3/h1-4H3;1-3H/q+1;. The summed E-state index contributed by atoms with van der Waals surface area (Å²) in [4.78, 5) is 21.7. The normalized spacial score (nSPS) is 10.7. The summed E-state index contributed by atoms with van der Waals surface area (Å²) >= 11 is 0. The van der Waals surface area contributed by atoms with Gasteiger partial charge in [0.25, 0.3) is 0 Å². The molecule has 0 aromatic heterocycles. The van der Waals surface area contributed by atoms with Crippen LogP contribution in [0.25, 0.3) is 0 Å². The van der Waals surface area contributed by atoms with Crippen LogP contribution in [0.5, 0.6) is 0 Å². The van der Waals surface area contributed by atoms with Gasteiger partial charge in [0.1, 0.15) is 0 Å². The third-order valence-corrected chi connectivity index (χ3v) is 0.